The summed E-state index contributed by atoms with van der Waals surface area (Å²) in [6, 6.07) is 7.91. The molecule has 0 unspecified atom stereocenters. The second-order valence-corrected chi connectivity index (χ2v) is 4.02. The van der Waals surface area contributed by atoms with Crippen molar-refractivity contribution in [1.29, 1.82) is 0 Å². The number of hydrogen-bond acceptors (Lipinski definition) is 2. The van der Waals surface area contributed by atoms with Gasteiger partial charge >= 0.3 is 0 Å². The molecule has 0 saturated heterocycles. The Morgan fingerprint density at radius 3 is 2.82 bits per heavy atom. The molecule has 0 aliphatic carbocycles. The topological polar surface area (TPSA) is 56.9 Å². The standard InChI is InChI=1S/C13H17N3O/c1-14-12(13(17)15-2)7-9-8-16-11-6-4-3-5-10(9)11/h3-6,8,12,14,16H,7H2,1-2H3,(H,15,17)/t12-/m0/s1. The van der Waals surface area contributed by atoms with Crippen LogP contribution in [0.3, 0.4) is 0 Å². The summed E-state index contributed by atoms with van der Waals surface area (Å²) in [5.74, 6) is 0.0118. The lowest BCUT2D eigenvalue weighted by Gasteiger charge is -2.13. The van der Waals surface area contributed by atoms with E-state index in [0.29, 0.717) is 6.42 Å². The number of fused-ring (bicyclic) bond motifs is 1. The van der Waals surface area contributed by atoms with Gasteiger partial charge in [0.15, 0.2) is 0 Å². The molecule has 3 N–H and O–H groups in total. The highest BCUT2D eigenvalue weighted by molar-refractivity contribution is 5.86. The van der Waals surface area contributed by atoms with Gasteiger partial charge in [0.05, 0.1) is 6.04 Å². The fourth-order valence-corrected chi connectivity index (χ4v) is 2.02. The number of benzene rings is 1. The quantitative estimate of drug-likeness (QED) is 0.736. The molecule has 1 atom stereocenters. The Hall–Kier alpha value is -1.81. The molecule has 0 bridgehead atoms. The minimum absolute atomic E-state index is 0.0118. The number of aromatic amines is 1. The summed E-state index contributed by atoms with van der Waals surface area (Å²) in [4.78, 5) is 14.8. The highest BCUT2D eigenvalue weighted by atomic mass is 16.2. The SMILES string of the molecule is CNC(=O)[C@H](Cc1c[nH]c2ccccc12)NC. The van der Waals surface area contributed by atoms with Gasteiger partial charge in [-0.15, -0.1) is 0 Å². The predicted molar refractivity (Wildman–Crippen MR) is 68.9 cm³/mol. The molecule has 0 aliphatic rings. The fraction of sp³-hybridized carbons (Fsp3) is 0.308. The number of carbonyl (C=O) groups excluding carboxylic acids is 1. The lowest BCUT2D eigenvalue weighted by Crippen LogP contribution is -2.42. The zero-order valence-electron chi connectivity index (χ0n) is 10.1. The van der Waals surface area contributed by atoms with E-state index in [-0.39, 0.29) is 11.9 Å². The normalized spacial score (nSPS) is 12.6. The Morgan fingerprint density at radius 1 is 1.35 bits per heavy atom. The van der Waals surface area contributed by atoms with Crippen LogP contribution in [0.25, 0.3) is 10.9 Å². The first kappa shape index (κ1) is 11.7. The fourth-order valence-electron chi connectivity index (χ4n) is 2.02. The van der Waals surface area contributed by atoms with Crippen LogP contribution in [-0.4, -0.2) is 31.0 Å². The van der Waals surface area contributed by atoms with Gasteiger partial charge < -0.3 is 15.6 Å². The molecule has 4 heteroatoms. The van der Waals surface area contributed by atoms with E-state index in [1.165, 1.54) is 5.39 Å². The van der Waals surface area contributed by atoms with Crippen LogP contribution in [0, 0.1) is 0 Å². The van der Waals surface area contributed by atoms with E-state index >= 15 is 0 Å². The van der Waals surface area contributed by atoms with Gasteiger partial charge in [-0.1, -0.05) is 18.2 Å². The molecule has 1 amide bonds. The third kappa shape index (κ3) is 2.31. The Bertz CT molecular complexity index is 518. The zero-order chi connectivity index (χ0) is 12.3. The van der Waals surface area contributed by atoms with Gasteiger partial charge in [-0.3, -0.25) is 4.79 Å². The summed E-state index contributed by atoms with van der Waals surface area (Å²) in [6.45, 7) is 0. The number of H-pyrrole nitrogens is 1. The minimum atomic E-state index is -0.195. The van der Waals surface area contributed by atoms with E-state index in [9.17, 15) is 4.79 Å². The van der Waals surface area contributed by atoms with Crippen molar-refractivity contribution in [2.75, 3.05) is 14.1 Å². The third-order valence-electron chi connectivity index (χ3n) is 3.01. The van der Waals surface area contributed by atoms with E-state index in [1.807, 2.05) is 24.4 Å². The zero-order valence-corrected chi connectivity index (χ0v) is 10.1. The number of likely N-dealkylation sites (N-methyl/N-ethyl adjacent to an activating group) is 2. The predicted octanol–water partition coefficient (Wildman–Crippen LogP) is 1.04. The van der Waals surface area contributed by atoms with Crippen LogP contribution in [0.4, 0.5) is 0 Å². The van der Waals surface area contributed by atoms with Gasteiger partial charge in [0.1, 0.15) is 0 Å². The molecule has 1 aromatic heterocycles. The Morgan fingerprint density at radius 2 is 2.12 bits per heavy atom. The van der Waals surface area contributed by atoms with Gasteiger partial charge in [0, 0.05) is 24.1 Å². The van der Waals surface area contributed by atoms with Crippen molar-refractivity contribution in [3.05, 3.63) is 36.0 Å². The van der Waals surface area contributed by atoms with Gasteiger partial charge in [-0.05, 0) is 25.1 Å². The summed E-state index contributed by atoms with van der Waals surface area (Å²) in [5.41, 5.74) is 2.26. The number of carbonyl (C=O) groups is 1. The molecule has 0 aliphatic heterocycles. The first-order valence-corrected chi connectivity index (χ1v) is 5.70. The number of nitrogens with one attached hydrogen (secondary N) is 3. The summed E-state index contributed by atoms with van der Waals surface area (Å²) in [5, 5.41) is 6.87. The molecular weight excluding hydrogens is 214 g/mol. The van der Waals surface area contributed by atoms with Crippen LogP contribution in [0.1, 0.15) is 5.56 Å². The van der Waals surface area contributed by atoms with Crippen molar-refractivity contribution in [2.45, 2.75) is 12.5 Å². The summed E-state index contributed by atoms with van der Waals surface area (Å²) >= 11 is 0. The molecule has 2 rings (SSSR count). The average molecular weight is 231 g/mol. The molecule has 1 aromatic carbocycles. The third-order valence-corrected chi connectivity index (χ3v) is 3.01. The van der Waals surface area contributed by atoms with E-state index in [2.05, 4.69) is 21.7 Å². The van der Waals surface area contributed by atoms with Crippen LogP contribution in [0.2, 0.25) is 0 Å². The van der Waals surface area contributed by atoms with Crippen molar-refractivity contribution >= 4 is 16.8 Å². The van der Waals surface area contributed by atoms with Crippen molar-refractivity contribution in [3.63, 3.8) is 0 Å². The van der Waals surface area contributed by atoms with Crippen molar-refractivity contribution in [1.82, 2.24) is 15.6 Å². The molecule has 0 spiro atoms. The Kier molecular flexibility index (Phi) is 3.44. The molecule has 0 fully saturated rings. The van der Waals surface area contributed by atoms with Crippen LogP contribution in [0.15, 0.2) is 30.5 Å². The van der Waals surface area contributed by atoms with Crippen molar-refractivity contribution < 1.29 is 4.79 Å². The first-order valence-electron chi connectivity index (χ1n) is 5.70. The first-order chi connectivity index (χ1) is 8.26. The highest BCUT2D eigenvalue weighted by Crippen LogP contribution is 2.18. The maximum atomic E-state index is 11.6. The lowest BCUT2D eigenvalue weighted by molar-refractivity contribution is -0.122. The van der Waals surface area contributed by atoms with Crippen LogP contribution in [-0.2, 0) is 11.2 Å². The molecule has 90 valence electrons. The van der Waals surface area contributed by atoms with Crippen LogP contribution >= 0.6 is 0 Å². The number of rotatable bonds is 4. The molecule has 4 nitrogen and oxygen atoms in total. The van der Waals surface area contributed by atoms with Gasteiger partial charge in [0.25, 0.3) is 0 Å². The second-order valence-electron chi connectivity index (χ2n) is 4.02. The summed E-state index contributed by atoms with van der Waals surface area (Å²) < 4.78 is 0. The van der Waals surface area contributed by atoms with Gasteiger partial charge in [-0.2, -0.15) is 0 Å². The maximum Gasteiger partial charge on any atom is 0.237 e. The Labute approximate surface area is 100 Å². The number of aromatic nitrogens is 1. The largest absolute Gasteiger partial charge is 0.361 e. The van der Waals surface area contributed by atoms with Crippen LogP contribution in [0.5, 0.6) is 0 Å². The monoisotopic (exact) mass is 231 g/mol. The number of hydrogen-bond donors (Lipinski definition) is 3. The second kappa shape index (κ2) is 5.01. The van der Waals surface area contributed by atoms with Gasteiger partial charge in [-0.25, -0.2) is 0 Å². The van der Waals surface area contributed by atoms with E-state index < -0.39 is 0 Å². The molecular formula is C13H17N3O. The maximum absolute atomic E-state index is 11.6. The summed E-state index contributed by atoms with van der Waals surface area (Å²) in [7, 11) is 3.46. The smallest absolute Gasteiger partial charge is 0.237 e. The van der Waals surface area contributed by atoms with E-state index in [1.54, 1.807) is 14.1 Å². The van der Waals surface area contributed by atoms with E-state index in [4.69, 9.17) is 0 Å². The lowest BCUT2D eigenvalue weighted by atomic mass is 10.0. The van der Waals surface area contributed by atoms with Crippen LogP contribution < -0.4 is 10.6 Å². The van der Waals surface area contributed by atoms with E-state index in [0.717, 1.165) is 11.1 Å². The van der Waals surface area contributed by atoms with Crippen molar-refractivity contribution in [3.8, 4) is 0 Å². The van der Waals surface area contributed by atoms with Crippen molar-refractivity contribution in [2.24, 2.45) is 0 Å². The number of para-hydroxylation sites is 1. The molecule has 1 heterocycles. The molecule has 0 saturated carbocycles. The highest BCUT2D eigenvalue weighted by Gasteiger charge is 2.16. The minimum Gasteiger partial charge on any atom is -0.361 e. The van der Waals surface area contributed by atoms with Gasteiger partial charge in [0.2, 0.25) is 5.91 Å². The molecule has 2 aromatic rings. The Balaban J connectivity index is 2.25. The molecule has 0 radical (unpaired) electrons. The molecule has 17 heavy (non-hydrogen) atoms. The number of amides is 1. The average Bonchev–Trinajstić information content (AvgIpc) is 2.78. The summed E-state index contributed by atoms with van der Waals surface area (Å²) in [6.07, 6.45) is 2.65.